The summed E-state index contributed by atoms with van der Waals surface area (Å²) >= 11 is 0. The van der Waals surface area contributed by atoms with E-state index in [-0.39, 0.29) is 18.4 Å². The van der Waals surface area contributed by atoms with Crippen molar-refractivity contribution >= 4 is 5.78 Å². The maximum absolute atomic E-state index is 11.3. The number of hydrogen-bond donors (Lipinski definition) is 1. The summed E-state index contributed by atoms with van der Waals surface area (Å²) in [7, 11) is 1.60. The third-order valence-electron chi connectivity index (χ3n) is 2.14. The fraction of sp³-hybridized carbons (Fsp3) is 0.600. The molecule has 0 bridgehead atoms. The summed E-state index contributed by atoms with van der Waals surface area (Å²) in [5, 5.41) is 8.95. The minimum atomic E-state index is -0.160. The number of carbonyl (C=O) groups excluding carboxylic acids is 1. The lowest BCUT2D eigenvalue weighted by atomic mass is 10.3. The second-order valence-corrected chi connectivity index (χ2v) is 3.48. The van der Waals surface area contributed by atoms with Crippen LogP contribution in [0.15, 0.2) is 6.20 Å². The first-order valence-corrected chi connectivity index (χ1v) is 4.78. The topological polar surface area (TPSA) is 64.3 Å². The van der Waals surface area contributed by atoms with E-state index in [1.54, 1.807) is 17.9 Å². The van der Waals surface area contributed by atoms with Crippen LogP contribution in [0.2, 0.25) is 0 Å². The van der Waals surface area contributed by atoms with Crippen molar-refractivity contribution < 1.29 is 14.6 Å². The molecule has 15 heavy (non-hydrogen) atoms. The van der Waals surface area contributed by atoms with Crippen molar-refractivity contribution in [1.29, 1.82) is 0 Å². The molecule has 0 saturated heterocycles. The molecule has 0 radical (unpaired) electrons. The first-order valence-electron chi connectivity index (χ1n) is 4.78. The van der Waals surface area contributed by atoms with Crippen LogP contribution in [0.5, 0.6) is 0 Å². The monoisotopic (exact) mass is 212 g/mol. The smallest absolute Gasteiger partial charge is 0.195 e. The number of rotatable bonds is 5. The van der Waals surface area contributed by atoms with E-state index in [1.807, 2.05) is 6.92 Å². The minimum absolute atomic E-state index is 0.0294. The minimum Gasteiger partial charge on any atom is -0.390 e. The molecular formula is C10H16N2O3. The lowest BCUT2D eigenvalue weighted by molar-refractivity contribution is 0.0990. The van der Waals surface area contributed by atoms with Crippen molar-refractivity contribution in [3.8, 4) is 0 Å². The van der Waals surface area contributed by atoms with E-state index in [9.17, 15) is 4.79 Å². The van der Waals surface area contributed by atoms with Crippen LogP contribution < -0.4 is 0 Å². The Labute approximate surface area is 88.7 Å². The van der Waals surface area contributed by atoms with Gasteiger partial charge in [-0.05, 0) is 6.92 Å². The predicted molar refractivity (Wildman–Crippen MR) is 54.7 cm³/mol. The largest absolute Gasteiger partial charge is 0.390 e. The lowest BCUT2D eigenvalue weighted by Gasteiger charge is -2.13. The average molecular weight is 212 g/mol. The molecule has 5 nitrogen and oxygen atoms in total. The normalized spacial score (nSPS) is 12.8. The first-order chi connectivity index (χ1) is 7.10. The third kappa shape index (κ3) is 2.64. The summed E-state index contributed by atoms with van der Waals surface area (Å²) in [6.07, 6.45) is 1.68. The Morgan fingerprint density at radius 1 is 1.73 bits per heavy atom. The Kier molecular flexibility index (Phi) is 3.99. The molecule has 1 rings (SSSR count). The Morgan fingerprint density at radius 2 is 2.40 bits per heavy atom. The van der Waals surface area contributed by atoms with Crippen LogP contribution in [0, 0.1) is 0 Å². The van der Waals surface area contributed by atoms with Crippen LogP contribution >= 0.6 is 0 Å². The molecule has 0 saturated carbocycles. The second-order valence-electron chi connectivity index (χ2n) is 3.48. The molecule has 0 aliphatic heterocycles. The SMILES string of the molecule is COCC(C)n1cc(CO)nc1C(C)=O. The van der Waals surface area contributed by atoms with E-state index < -0.39 is 0 Å². The summed E-state index contributed by atoms with van der Waals surface area (Å²) in [5.41, 5.74) is 0.503. The Bertz CT molecular complexity index is 346. The van der Waals surface area contributed by atoms with Gasteiger partial charge in [0, 0.05) is 20.2 Å². The molecule has 0 fully saturated rings. The van der Waals surface area contributed by atoms with Crippen molar-refractivity contribution in [3.05, 3.63) is 17.7 Å². The number of ketones is 1. The Hall–Kier alpha value is -1.20. The van der Waals surface area contributed by atoms with Crippen molar-refractivity contribution in [2.45, 2.75) is 26.5 Å². The van der Waals surface area contributed by atoms with E-state index in [0.717, 1.165) is 0 Å². The number of imidazole rings is 1. The summed E-state index contributed by atoms with van der Waals surface area (Å²) in [6.45, 7) is 3.73. The van der Waals surface area contributed by atoms with E-state index >= 15 is 0 Å². The summed E-state index contributed by atoms with van der Waals surface area (Å²) in [4.78, 5) is 15.3. The Morgan fingerprint density at radius 3 is 2.87 bits per heavy atom. The zero-order chi connectivity index (χ0) is 11.4. The quantitative estimate of drug-likeness (QED) is 0.733. The van der Waals surface area contributed by atoms with Crippen molar-refractivity contribution in [1.82, 2.24) is 9.55 Å². The molecule has 1 atom stereocenters. The Balaban J connectivity index is 3.03. The zero-order valence-corrected chi connectivity index (χ0v) is 9.23. The number of carbonyl (C=O) groups is 1. The van der Waals surface area contributed by atoms with Gasteiger partial charge in [-0.1, -0.05) is 0 Å². The molecule has 1 aromatic rings. The van der Waals surface area contributed by atoms with Gasteiger partial charge in [0.05, 0.1) is 24.9 Å². The van der Waals surface area contributed by atoms with E-state index in [0.29, 0.717) is 18.1 Å². The van der Waals surface area contributed by atoms with E-state index in [4.69, 9.17) is 9.84 Å². The molecular weight excluding hydrogens is 196 g/mol. The average Bonchev–Trinajstić information content (AvgIpc) is 2.61. The number of Topliss-reactive ketones (excluding diaryl/α,β-unsaturated/α-hetero) is 1. The van der Waals surface area contributed by atoms with Crippen LogP contribution in [-0.2, 0) is 11.3 Å². The second kappa shape index (κ2) is 5.04. The predicted octanol–water partition coefficient (Wildman–Crippen LogP) is 0.785. The standard InChI is InChI=1S/C10H16N2O3/c1-7(6-15-3)12-4-9(5-13)11-10(12)8(2)14/h4,7,13H,5-6H2,1-3H3. The highest BCUT2D eigenvalue weighted by Crippen LogP contribution is 2.13. The van der Waals surface area contributed by atoms with Gasteiger partial charge < -0.3 is 14.4 Å². The molecule has 5 heteroatoms. The van der Waals surface area contributed by atoms with Gasteiger partial charge in [-0.15, -0.1) is 0 Å². The van der Waals surface area contributed by atoms with Crippen LogP contribution in [0.3, 0.4) is 0 Å². The molecule has 0 spiro atoms. The highest BCUT2D eigenvalue weighted by Gasteiger charge is 2.15. The van der Waals surface area contributed by atoms with Crippen LogP contribution in [0.1, 0.15) is 36.2 Å². The zero-order valence-electron chi connectivity index (χ0n) is 9.23. The van der Waals surface area contributed by atoms with Gasteiger partial charge in [-0.2, -0.15) is 0 Å². The first kappa shape index (κ1) is 11.9. The fourth-order valence-electron chi connectivity index (χ4n) is 1.44. The molecule has 0 amide bonds. The summed E-state index contributed by atoms with van der Waals surface area (Å²) in [5.74, 6) is 0.251. The molecule has 1 unspecified atom stereocenters. The fourth-order valence-corrected chi connectivity index (χ4v) is 1.44. The van der Waals surface area contributed by atoms with Crippen LogP contribution in [0.4, 0.5) is 0 Å². The van der Waals surface area contributed by atoms with Crippen molar-refractivity contribution in [2.24, 2.45) is 0 Å². The van der Waals surface area contributed by atoms with Crippen molar-refractivity contribution in [2.75, 3.05) is 13.7 Å². The number of methoxy groups -OCH3 is 1. The molecule has 1 heterocycles. The summed E-state index contributed by atoms with van der Waals surface area (Å²) < 4.78 is 6.75. The maximum Gasteiger partial charge on any atom is 0.195 e. The highest BCUT2D eigenvalue weighted by atomic mass is 16.5. The van der Waals surface area contributed by atoms with Gasteiger partial charge >= 0.3 is 0 Å². The van der Waals surface area contributed by atoms with Crippen LogP contribution in [0.25, 0.3) is 0 Å². The van der Waals surface area contributed by atoms with E-state index in [1.165, 1.54) is 6.92 Å². The van der Waals surface area contributed by atoms with Crippen molar-refractivity contribution in [3.63, 3.8) is 0 Å². The number of ether oxygens (including phenoxy) is 1. The highest BCUT2D eigenvalue weighted by molar-refractivity contribution is 5.90. The third-order valence-corrected chi connectivity index (χ3v) is 2.14. The lowest BCUT2D eigenvalue weighted by Crippen LogP contribution is -2.15. The molecule has 0 aliphatic rings. The number of aromatic nitrogens is 2. The number of hydrogen-bond acceptors (Lipinski definition) is 4. The van der Waals surface area contributed by atoms with E-state index in [2.05, 4.69) is 4.98 Å². The molecule has 0 aliphatic carbocycles. The van der Waals surface area contributed by atoms with Gasteiger partial charge in [0.25, 0.3) is 0 Å². The molecule has 0 aromatic carbocycles. The van der Waals surface area contributed by atoms with Gasteiger partial charge in [0.2, 0.25) is 0 Å². The summed E-state index contributed by atoms with van der Waals surface area (Å²) in [6, 6.07) is 0.0294. The van der Waals surface area contributed by atoms with Gasteiger partial charge in [0.15, 0.2) is 11.6 Å². The number of aliphatic hydroxyl groups excluding tert-OH is 1. The molecule has 1 N–H and O–H groups in total. The van der Waals surface area contributed by atoms with Gasteiger partial charge in [-0.3, -0.25) is 4.79 Å². The number of nitrogens with zero attached hydrogens (tertiary/aromatic N) is 2. The number of aliphatic hydroxyl groups is 1. The maximum atomic E-state index is 11.3. The van der Waals surface area contributed by atoms with Crippen LogP contribution in [-0.4, -0.2) is 34.2 Å². The van der Waals surface area contributed by atoms with Gasteiger partial charge in [-0.25, -0.2) is 4.98 Å². The molecule has 84 valence electrons. The van der Waals surface area contributed by atoms with Gasteiger partial charge in [0.1, 0.15) is 0 Å². The molecule has 1 aromatic heterocycles.